The van der Waals surface area contributed by atoms with Crippen LogP contribution in [-0.4, -0.2) is 43.1 Å². The normalized spacial score (nSPS) is 10.3. The van der Waals surface area contributed by atoms with Crippen molar-refractivity contribution in [2.24, 2.45) is 0 Å². The average Bonchev–Trinajstić information content (AvgIpc) is 2.67. The number of anilines is 2. The van der Waals surface area contributed by atoms with E-state index in [0.29, 0.717) is 17.1 Å². The Morgan fingerprint density at radius 3 is 2.42 bits per heavy atom. The molecule has 26 heavy (non-hydrogen) atoms. The summed E-state index contributed by atoms with van der Waals surface area (Å²) in [5.74, 6) is 1.40. The van der Waals surface area contributed by atoms with E-state index in [9.17, 15) is 4.79 Å². The van der Waals surface area contributed by atoms with E-state index in [1.165, 1.54) is 0 Å². The van der Waals surface area contributed by atoms with Gasteiger partial charge in [-0.15, -0.1) is 0 Å². The van der Waals surface area contributed by atoms with E-state index in [0.717, 1.165) is 37.3 Å². The van der Waals surface area contributed by atoms with Crippen LogP contribution in [0.15, 0.2) is 36.7 Å². The van der Waals surface area contributed by atoms with Crippen molar-refractivity contribution in [3.05, 3.63) is 42.2 Å². The molecule has 0 aliphatic carbocycles. The molecule has 0 saturated carbocycles. The standard InChI is InChI=1S/C20H27N3O3/c1-5-9-23(10-6-2)20(24)15-11-16(14-21-13-15)22-18-12-17(25-3)7-8-19(18)26-4/h7-8,11-14,22H,5-6,9-10H2,1-4H3. The maximum Gasteiger partial charge on any atom is 0.255 e. The van der Waals surface area contributed by atoms with E-state index in [4.69, 9.17) is 9.47 Å². The van der Waals surface area contributed by atoms with Gasteiger partial charge >= 0.3 is 0 Å². The minimum Gasteiger partial charge on any atom is -0.497 e. The van der Waals surface area contributed by atoms with Gasteiger partial charge < -0.3 is 19.7 Å². The molecule has 140 valence electrons. The Balaban J connectivity index is 2.25. The molecule has 0 atom stereocenters. The third-order valence-electron chi connectivity index (χ3n) is 3.95. The Morgan fingerprint density at radius 1 is 1.08 bits per heavy atom. The van der Waals surface area contributed by atoms with Crippen molar-refractivity contribution < 1.29 is 14.3 Å². The van der Waals surface area contributed by atoms with Crippen LogP contribution in [0.25, 0.3) is 0 Å². The van der Waals surface area contributed by atoms with Crippen molar-refractivity contribution >= 4 is 17.3 Å². The van der Waals surface area contributed by atoms with E-state index in [1.54, 1.807) is 26.6 Å². The number of benzene rings is 1. The largest absolute Gasteiger partial charge is 0.497 e. The lowest BCUT2D eigenvalue weighted by Crippen LogP contribution is -2.32. The van der Waals surface area contributed by atoms with Crippen molar-refractivity contribution in [3.63, 3.8) is 0 Å². The summed E-state index contributed by atoms with van der Waals surface area (Å²) in [7, 11) is 3.22. The van der Waals surface area contributed by atoms with Gasteiger partial charge in [-0.25, -0.2) is 0 Å². The highest BCUT2D eigenvalue weighted by Gasteiger charge is 2.15. The quantitative estimate of drug-likeness (QED) is 0.732. The number of methoxy groups -OCH3 is 2. The number of carbonyl (C=O) groups excluding carboxylic acids is 1. The molecule has 1 aromatic carbocycles. The van der Waals surface area contributed by atoms with Gasteiger partial charge in [0, 0.05) is 25.4 Å². The number of aromatic nitrogens is 1. The number of carbonyl (C=O) groups is 1. The summed E-state index contributed by atoms with van der Waals surface area (Å²) in [6, 6.07) is 7.31. The van der Waals surface area contributed by atoms with Crippen LogP contribution in [0.4, 0.5) is 11.4 Å². The summed E-state index contributed by atoms with van der Waals surface area (Å²) in [5.41, 5.74) is 2.03. The Morgan fingerprint density at radius 2 is 1.81 bits per heavy atom. The second-order valence-corrected chi connectivity index (χ2v) is 5.95. The number of nitrogens with one attached hydrogen (secondary N) is 1. The summed E-state index contributed by atoms with van der Waals surface area (Å²) in [5, 5.41) is 3.26. The van der Waals surface area contributed by atoms with Crippen LogP contribution in [0.2, 0.25) is 0 Å². The molecule has 0 spiro atoms. The first kappa shape index (κ1) is 19.6. The van der Waals surface area contributed by atoms with Crippen molar-refractivity contribution in [2.45, 2.75) is 26.7 Å². The fourth-order valence-corrected chi connectivity index (χ4v) is 2.73. The van der Waals surface area contributed by atoms with E-state index in [2.05, 4.69) is 24.1 Å². The number of ether oxygens (including phenoxy) is 2. The predicted octanol–water partition coefficient (Wildman–Crippen LogP) is 4.10. The molecule has 1 amide bonds. The SMILES string of the molecule is CCCN(CCC)C(=O)c1cncc(Nc2cc(OC)ccc2OC)c1. The summed E-state index contributed by atoms with van der Waals surface area (Å²) in [6.45, 7) is 5.63. The van der Waals surface area contributed by atoms with Gasteiger partial charge in [-0.2, -0.15) is 0 Å². The van der Waals surface area contributed by atoms with E-state index in [-0.39, 0.29) is 5.91 Å². The first-order chi connectivity index (χ1) is 12.6. The number of amides is 1. The summed E-state index contributed by atoms with van der Waals surface area (Å²) >= 11 is 0. The molecular weight excluding hydrogens is 330 g/mol. The van der Waals surface area contributed by atoms with Crippen molar-refractivity contribution in [1.82, 2.24) is 9.88 Å². The molecule has 0 radical (unpaired) electrons. The van der Waals surface area contributed by atoms with Crippen molar-refractivity contribution in [1.29, 1.82) is 0 Å². The fraction of sp³-hybridized carbons (Fsp3) is 0.400. The topological polar surface area (TPSA) is 63.7 Å². The molecule has 0 unspecified atom stereocenters. The highest BCUT2D eigenvalue weighted by atomic mass is 16.5. The molecule has 0 aliphatic heterocycles. The van der Waals surface area contributed by atoms with Gasteiger partial charge in [-0.1, -0.05) is 13.8 Å². The van der Waals surface area contributed by atoms with Crippen LogP contribution >= 0.6 is 0 Å². The Labute approximate surface area is 155 Å². The summed E-state index contributed by atoms with van der Waals surface area (Å²) in [4.78, 5) is 18.9. The van der Waals surface area contributed by atoms with Gasteiger partial charge in [0.15, 0.2) is 0 Å². The van der Waals surface area contributed by atoms with Gasteiger partial charge in [0.25, 0.3) is 5.91 Å². The maximum absolute atomic E-state index is 12.8. The number of hydrogen-bond donors (Lipinski definition) is 1. The zero-order valence-electron chi connectivity index (χ0n) is 15.9. The first-order valence-corrected chi connectivity index (χ1v) is 8.86. The average molecular weight is 357 g/mol. The highest BCUT2D eigenvalue weighted by Crippen LogP contribution is 2.31. The molecule has 0 bridgehead atoms. The second-order valence-electron chi connectivity index (χ2n) is 5.95. The molecule has 2 rings (SSSR count). The molecule has 0 aliphatic rings. The van der Waals surface area contributed by atoms with Gasteiger partial charge in [0.2, 0.25) is 0 Å². The van der Waals surface area contributed by atoms with Crippen LogP contribution in [0.1, 0.15) is 37.0 Å². The molecule has 6 nitrogen and oxygen atoms in total. The zero-order valence-corrected chi connectivity index (χ0v) is 15.9. The number of rotatable bonds is 9. The van der Waals surface area contributed by atoms with Crippen LogP contribution in [0.5, 0.6) is 11.5 Å². The minimum absolute atomic E-state index is 0.00228. The Bertz CT molecular complexity index is 728. The van der Waals surface area contributed by atoms with E-state index in [1.807, 2.05) is 29.2 Å². The minimum atomic E-state index is 0.00228. The third-order valence-corrected chi connectivity index (χ3v) is 3.95. The first-order valence-electron chi connectivity index (χ1n) is 8.86. The lowest BCUT2D eigenvalue weighted by atomic mass is 10.2. The zero-order chi connectivity index (χ0) is 18.9. The second kappa shape index (κ2) is 9.65. The van der Waals surface area contributed by atoms with Crippen LogP contribution in [0.3, 0.4) is 0 Å². The monoisotopic (exact) mass is 357 g/mol. The molecule has 0 fully saturated rings. The molecule has 1 heterocycles. The molecule has 1 aromatic heterocycles. The predicted molar refractivity (Wildman–Crippen MR) is 104 cm³/mol. The van der Waals surface area contributed by atoms with Crippen molar-refractivity contribution in [3.8, 4) is 11.5 Å². The van der Waals surface area contributed by atoms with Gasteiger partial charge in [-0.3, -0.25) is 9.78 Å². The van der Waals surface area contributed by atoms with Gasteiger partial charge in [0.05, 0.1) is 37.4 Å². The number of pyridine rings is 1. The lowest BCUT2D eigenvalue weighted by molar-refractivity contribution is 0.0755. The van der Waals surface area contributed by atoms with Crippen LogP contribution < -0.4 is 14.8 Å². The summed E-state index contributed by atoms with van der Waals surface area (Å²) in [6.07, 6.45) is 5.14. The molecule has 1 N–H and O–H groups in total. The van der Waals surface area contributed by atoms with Crippen LogP contribution in [0, 0.1) is 0 Å². The molecule has 6 heteroatoms. The molecular formula is C20H27N3O3. The smallest absolute Gasteiger partial charge is 0.255 e. The van der Waals surface area contributed by atoms with Gasteiger partial charge in [-0.05, 0) is 31.0 Å². The number of nitrogens with zero attached hydrogens (tertiary/aromatic N) is 2. The molecule has 2 aromatic rings. The maximum atomic E-state index is 12.8. The number of hydrogen-bond acceptors (Lipinski definition) is 5. The van der Waals surface area contributed by atoms with E-state index < -0.39 is 0 Å². The van der Waals surface area contributed by atoms with Gasteiger partial charge in [0.1, 0.15) is 11.5 Å². The summed E-state index contributed by atoms with van der Waals surface area (Å²) < 4.78 is 10.7. The molecule has 0 saturated heterocycles. The van der Waals surface area contributed by atoms with E-state index >= 15 is 0 Å². The highest BCUT2D eigenvalue weighted by molar-refractivity contribution is 5.95. The Hall–Kier alpha value is -2.76. The fourth-order valence-electron chi connectivity index (χ4n) is 2.73. The lowest BCUT2D eigenvalue weighted by Gasteiger charge is -2.21. The van der Waals surface area contributed by atoms with Crippen LogP contribution in [-0.2, 0) is 0 Å². The van der Waals surface area contributed by atoms with Crippen molar-refractivity contribution in [2.75, 3.05) is 32.6 Å². The third kappa shape index (κ3) is 4.88. The Kier molecular flexibility index (Phi) is 7.26.